The first-order chi connectivity index (χ1) is 8.66. The molecule has 1 aromatic rings. The summed E-state index contributed by atoms with van der Waals surface area (Å²) >= 11 is 1.21. The van der Waals surface area contributed by atoms with E-state index in [9.17, 15) is 4.79 Å². The van der Waals surface area contributed by atoms with Gasteiger partial charge in [-0.1, -0.05) is 11.8 Å². The van der Waals surface area contributed by atoms with Crippen LogP contribution in [0.15, 0.2) is 5.16 Å². The van der Waals surface area contributed by atoms with E-state index in [0.29, 0.717) is 11.1 Å². The van der Waals surface area contributed by atoms with E-state index in [4.69, 9.17) is 9.84 Å². The average molecular weight is 271 g/mol. The average Bonchev–Trinajstić information content (AvgIpc) is 2.70. The van der Waals surface area contributed by atoms with Crippen LogP contribution in [-0.2, 0) is 16.1 Å². The monoisotopic (exact) mass is 271 g/mol. The van der Waals surface area contributed by atoms with Gasteiger partial charge in [0.1, 0.15) is 5.82 Å². The van der Waals surface area contributed by atoms with E-state index >= 15 is 0 Å². The number of hydrogen-bond acceptors (Lipinski definition) is 5. The molecule has 1 unspecified atom stereocenters. The Morgan fingerprint density at radius 3 is 3.11 bits per heavy atom. The molecule has 0 aromatic carbocycles. The van der Waals surface area contributed by atoms with E-state index in [0.717, 1.165) is 38.4 Å². The van der Waals surface area contributed by atoms with Crippen LogP contribution in [0, 0.1) is 12.8 Å². The van der Waals surface area contributed by atoms with E-state index in [1.54, 1.807) is 0 Å². The fraction of sp³-hybridized carbons (Fsp3) is 0.727. The first-order valence-corrected chi connectivity index (χ1v) is 6.97. The van der Waals surface area contributed by atoms with Gasteiger partial charge in [0.05, 0.1) is 12.4 Å². The Hall–Kier alpha value is -1.08. The van der Waals surface area contributed by atoms with Crippen molar-refractivity contribution in [2.24, 2.45) is 5.92 Å². The number of ether oxygens (including phenoxy) is 1. The van der Waals surface area contributed by atoms with Gasteiger partial charge in [-0.25, -0.2) is 0 Å². The van der Waals surface area contributed by atoms with Crippen LogP contribution in [0.2, 0.25) is 0 Å². The van der Waals surface area contributed by atoms with Crippen molar-refractivity contribution in [2.45, 2.75) is 31.5 Å². The third-order valence-corrected chi connectivity index (χ3v) is 3.87. The summed E-state index contributed by atoms with van der Waals surface area (Å²) in [6, 6.07) is 0. The van der Waals surface area contributed by atoms with Crippen molar-refractivity contribution >= 4 is 17.7 Å². The van der Waals surface area contributed by atoms with Gasteiger partial charge in [-0.2, -0.15) is 0 Å². The van der Waals surface area contributed by atoms with Gasteiger partial charge in [-0.3, -0.25) is 4.79 Å². The molecule has 6 nitrogen and oxygen atoms in total. The number of rotatable bonds is 5. The van der Waals surface area contributed by atoms with Crippen LogP contribution in [-0.4, -0.2) is 44.8 Å². The minimum atomic E-state index is -0.840. The predicted molar refractivity (Wildman–Crippen MR) is 66.7 cm³/mol. The SMILES string of the molecule is Cc1nnc(SCC(=O)O)n1CC1CCCOC1. The number of aliphatic carboxylic acids is 1. The number of carbonyl (C=O) groups is 1. The molecular weight excluding hydrogens is 254 g/mol. The Balaban J connectivity index is 2.01. The van der Waals surface area contributed by atoms with E-state index in [1.165, 1.54) is 11.8 Å². The summed E-state index contributed by atoms with van der Waals surface area (Å²) in [6.45, 7) is 4.31. The summed E-state index contributed by atoms with van der Waals surface area (Å²) < 4.78 is 7.45. The molecule has 0 saturated carbocycles. The number of carboxylic acid groups (broad SMARTS) is 1. The third kappa shape index (κ3) is 3.46. The van der Waals surface area contributed by atoms with E-state index in [1.807, 2.05) is 11.5 Å². The van der Waals surface area contributed by atoms with Crippen molar-refractivity contribution in [1.82, 2.24) is 14.8 Å². The highest BCUT2D eigenvalue weighted by molar-refractivity contribution is 7.99. The van der Waals surface area contributed by atoms with E-state index < -0.39 is 5.97 Å². The Kier molecular flexibility index (Phi) is 4.60. The van der Waals surface area contributed by atoms with E-state index in [-0.39, 0.29) is 5.75 Å². The van der Waals surface area contributed by atoms with Gasteiger partial charge < -0.3 is 14.4 Å². The summed E-state index contributed by atoms with van der Waals surface area (Å²) in [6.07, 6.45) is 2.23. The van der Waals surface area contributed by atoms with Crippen LogP contribution in [0.4, 0.5) is 0 Å². The Morgan fingerprint density at radius 1 is 1.61 bits per heavy atom. The highest BCUT2D eigenvalue weighted by Crippen LogP contribution is 2.21. The van der Waals surface area contributed by atoms with Crippen LogP contribution in [0.5, 0.6) is 0 Å². The molecule has 100 valence electrons. The first-order valence-electron chi connectivity index (χ1n) is 5.99. The lowest BCUT2D eigenvalue weighted by molar-refractivity contribution is -0.133. The van der Waals surface area contributed by atoms with Crippen LogP contribution in [0.25, 0.3) is 0 Å². The fourth-order valence-corrected chi connectivity index (χ4v) is 2.73. The minimum Gasteiger partial charge on any atom is -0.481 e. The highest BCUT2D eigenvalue weighted by Gasteiger charge is 2.18. The second-order valence-electron chi connectivity index (χ2n) is 4.41. The Labute approximate surface area is 110 Å². The molecule has 0 amide bonds. The topological polar surface area (TPSA) is 77.2 Å². The van der Waals surface area contributed by atoms with Gasteiger partial charge in [-0.05, 0) is 19.8 Å². The molecule has 1 aliphatic heterocycles. The first kappa shape index (κ1) is 13.4. The van der Waals surface area contributed by atoms with Gasteiger partial charge in [0.2, 0.25) is 0 Å². The van der Waals surface area contributed by atoms with Crippen LogP contribution < -0.4 is 0 Å². The van der Waals surface area contributed by atoms with Crippen LogP contribution >= 0.6 is 11.8 Å². The van der Waals surface area contributed by atoms with Crippen LogP contribution in [0.1, 0.15) is 18.7 Å². The second kappa shape index (κ2) is 6.19. The molecule has 1 aliphatic rings. The molecule has 2 heterocycles. The van der Waals surface area contributed by atoms with Gasteiger partial charge in [0.15, 0.2) is 5.16 Å². The number of carboxylic acids is 1. The summed E-state index contributed by atoms with van der Waals surface area (Å²) in [5.41, 5.74) is 0. The van der Waals surface area contributed by atoms with Crippen molar-refractivity contribution < 1.29 is 14.6 Å². The molecule has 0 radical (unpaired) electrons. The summed E-state index contributed by atoms with van der Waals surface area (Å²) in [5.74, 6) is 0.471. The fourth-order valence-electron chi connectivity index (χ4n) is 2.01. The normalized spacial score (nSPS) is 19.9. The molecule has 0 bridgehead atoms. The molecule has 2 rings (SSSR count). The van der Waals surface area contributed by atoms with Gasteiger partial charge in [0.25, 0.3) is 0 Å². The maximum absolute atomic E-state index is 10.6. The van der Waals surface area contributed by atoms with Crippen molar-refractivity contribution in [2.75, 3.05) is 19.0 Å². The van der Waals surface area contributed by atoms with Crippen LogP contribution in [0.3, 0.4) is 0 Å². The van der Waals surface area contributed by atoms with Crippen molar-refractivity contribution in [3.8, 4) is 0 Å². The predicted octanol–water partition coefficient (Wildman–Crippen LogP) is 1.19. The zero-order valence-electron chi connectivity index (χ0n) is 10.3. The lowest BCUT2D eigenvalue weighted by Crippen LogP contribution is -2.23. The molecule has 7 heteroatoms. The Bertz CT molecular complexity index is 416. The number of aromatic nitrogens is 3. The lowest BCUT2D eigenvalue weighted by Gasteiger charge is -2.23. The van der Waals surface area contributed by atoms with Gasteiger partial charge in [-0.15, -0.1) is 10.2 Å². The standard InChI is InChI=1S/C11H17N3O3S/c1-8-12-13-11(18-7-10(15)16)14(8)5-9-3-2-4-17-6-9/h9H,2-7H2,1H3,(H,15,16). The molecule has 1 aromatic heterocycles. The molecule has 1 atom stereocenters. The minimum absolute atomic E-state index is 0.0132. The smallest absolute Gasteiger partial charge is 0.313 e. The highest BCUT2D eigenvalue weighted by atomic mass is 32.2. The van der Waals surface area contributed by atoms with Gasteiger partial charge in [0, 0.05) is 19.1 Å². The summed E-state index contributed by atoms with van der Waals surface area (Å²) in [7, 11) is 0. The molecule has 0 spiro atoms. The van der Waals surface area contributed by atoms with Crippen molar-refractivity contribution in [3.05, 3.63) is 5.82 Å². The molecule has 1 N–H and O–H groups in total. The third-order valence-electron chi connectivity index (χ3n) is 2.92. The molecule has 1 fully saturated rings. The molecule has 1 saturated heterocycles. The Morgan fingerprint density at radius 2 is 2.44 bits per heavy atom. The molecule has 18 heavy (non-hydrogen) atoms. The maximum atomic E-state index is 10.6. The molecular formula is C11H17N3O3S. The largest absolute Gasteiger partial charge is 0.481 e. The number of nitrogens with zero attached hydrogens (tertiary/aromatic N) is 3. The maximum Gasteiger partial charge on any atom is 0.313 e. The lowest BCUT2D eigenvalue weighted by atomic mass is 10.0. The molecule has 0 aliphatic carbocycles. The number of aryl methyl sites for hydroxylation is 1. The van der Waals surface area contributed by atoms with E-state index in [2.05, 4.69) is 10.2 Å². The zero-order chi connectivity index (χ0) is 13.0. The number of thioether (sulfide) groups is 1. The zero-order valence-corrected chi connectivity index (χ0v) is 11.2. The number of hydrogen-bond donors (Lipinski definition) is 1. The second-order valence-corrected chi connectivity index (χ2v) is 5.35. The van der Waals surface area contributed by atoms with Crippen molar-refractivity contribution in [3.63, 3.8) is 0 Å². The van der Waals surface area contributed by atoms with Gasteiger partial charge >= 0.3 is 5.97 Å². The van der Waals surface area contributed by atoms with Crippen molar-refractivity contribution in [1.29, 1.82) is 0 Å². The summed E-state index contributed by atoms with van der Waals surface area (Å²) in [4.78, 5) is 10.6. The quantitative estimate of drug-likeness (QED) is 0.811. The summed E-state index contributed by atoms with van der Waals surface area (Å²) in [5, 5.41) is 17.4.